The number of halogens is 1. The Morgan fingerprint density at radius 3 is 2.46 bits per heavy atom. The van der Waals surface area contributed by atoms with Gasteiger partial charge in [0.2, 0.25) is 5.91 Å². The number of aromatic nitrogens is 1. The van der Waals surface area contributed by atoms with Crippen LogP contribution in [0.2, 0.25) is 5.02 Å². The minimum Gasteiger partial charge on any atom is -0.486 e. The molecule has 2 heterocycles. The predicted octanol–water partition coefficient (Wildman–Crippen LogP) is 5.17. The first-order valence-corrected chi connectivity index (χ1v) is 10.6. The molecule has 7 heteroatoms. The number of benzene rings is 2. The van der Waals surface area contributed by atoms with Crippen LogP contribution in [-0.2, 0) is 10.2 Å². The van der Waals surface area contributed by atoms with Gasteiger partial charge in [0.1, 0.15) is 13.2 Å². The number of fused-ring (bicyclic) bond motifs is 2. The monoisotopic (exact) mass is 414 g/mol. The van der Waals surface area contributed by atoms with Crippen LogP contribution >= 0.6 is 22.9 Å². The summed E-state index contributed by atoms with van der Waals surface area (Å²) in [5.41, 5.74) is 1.30. The zero-order valence-corrected chi connectivity index (χ0v) is 16.7. The maximum Gasteiger partial charge on any atom is 0.236 e. The number of hydrogen-bond donors (Lipinski definition) is 1. The van der Waals surface area contributed by atoms with Gasteiger partial charge >= 0.3 is 0 Å². The van der Waals surface area contributed by atoms with Crippen molar-refractivity contribution in [3.05, 3.63) is 47.0 Å². The highest BCUT2D eigenvalue weighted by Crippen LogP contribution is 2.43. The number of rotatable bonds is 3. The van der Waals surface area contributed by atoms with Crippen LogP contribution in [-0.4, -0.2) is 24.1 Å². The molecule has 1 aliphatic heterocycles. The molecule has 1 amide bonds. The SMILES string of the molecule is O=C(Nc1nc2cc3c(cc2s1)OCCO3)C1(c2ccc(Cl)cc2)CCCC1. The molecule has 1 saturated carbocycles. The number of carbonyl (C=O) groups excluding carboxylic acids is 1. The van der Waals surface area contributed by atoms with Crippen LogP contribution in [0.5, 0.6) is 11.5 Å². The van der Waals surface area contributed by atoms with Gasteiger partial charge in [-0.15, -0.1) is 0 Å². The van der Waals surface area contributed by atoms with Crippen molar-refractivity contribution >= 4 is 44.2 Å². The van der Waals surface area contributed by atoms with Gasteiger partial charge < -0.3 is 14.8 Å². The van der Waals surface area contributed by atoms with Gasteiger partial charge in [0, 0.05) is 17.2 Å². The summed E-state index contributed by atoms with van der Waals surface area (Å²) in [4.78, 5) is 17.9. The Labute approximate surface area is 171 Å². The van der Waals surface area contributed by atoms with Gasteiger partial charge in [-0.1, -0.05) is 47.9 Å². The summed E-state index contributed by atoms with van der Waals surface area (Å²) in [6.07, 6.45) is 3.75. The third kappa shape index (κ3) is 3.01. The molecule has 1 aliphatic carbocycles. The van der Waals surface area contributed by atoms with Crippen LogP contribution in [0.15, 0.2) is 36.4 Å². The van der Waals surface area contributed by atoms with Crippen molar-refractivity contribution in [1.82, 2.24) is 4.98 Å². The summed E-state index contributed by atoms with van der Waals surface area (Å²) >= 11 is 7.50. The van der Waals surface area contributed by atoms with Crippen molar-refractivity contribution in [3.8, 4) is 11.5 Å². The van der Waals surface area contributed by atoms with E-state index in [-0.39, 0.29) is 5.91 Å². The van der Waals surface area contributed by atoms with Crippen LogP contribution in [0.3, 0.4) is 0 Å². The maximum atomic E-state index is 13.3. The first-order chi connectivity index (χ1) is 13.6. The van der Waals surface area contributed by atoms with Crippen LogP contribution in [0.25, 0.3) is 10.2 Å². The Morgan fingerprint density at radius 1 is 1.07 bits per heavy atom. The van der Waals surface area contributed by atoms with Gasteiger partial charge in [-0.25, -0.2) is 4.98 Å². The molecule has 0 bridgehead atoms. The van der Waals surface area contributed by atoms with E-state index in [2.05, 4.69) is 10.3 Å². The quantitative estimate of drug-likeness (QED) is 0.642. The van der Waals surface area contributed by atoms with Crippen molar-refractivity contribution in [2.24, 2.45) is 0 Å². The fourth-order valence-electron chi connectivity index (χ4n) is 4.13. The van der Waals surface area contributed by atoms with Crippen molar-refractivity contribution < 1.29 is 14.3 Å². The molecule has 0 saturated heterocycles. The fraction of sp³-hybridized carbons (Fsp3) is 0.333. The first kappa shape index (κ1) is 17.8. The van der Waals surface area contributed by atoms with Gasteiger partial charge in [-0.2, -0.15) is 0 Å². The number of anilines is 1. The van der Waals surface area contributed by atoms with Crippen LogP contribution in [0, 0.1) is 0 Å². The molecule has 144 valence electrons. The number of thiazole rings is 1. The van der Waals surface area contributed by atoms with Crippen molar-refractivity contribution in [3.63, 3.8) is 0 Å². The van der Waals surface area contributed by atoms with Gasteiger partial charge in [0.15, 0.2) is 16.6 Å². The normalized spacial score (nSPS) is 17.6. The number of carbonyl (C=O) groups is 1. The molecule has 5 rings (SSSR count). The molecule has 1 N–H and O–H groups in total. The molecule has 0 spiro atoms. The molecule has 0 unspecified atom stereocenters. The zero-order valence-electron chi connectivity index (χ0n) is 15.2. The van der Waals surface area contributed by atoms with Crippen LogP contribution < -0.4 is 14.8 Å². The van der Waals surface area contributed by atoms with Crippen molar-refractivity contribution in [2.45, 2.75) is 31.1 Å². The maximum absolute atomic E-state index is 13.3. The minimum atomic E-state index is -0.520. The van der Waals surface area contributed by atoms with Crippen LogP contribution in [0.4, 0.5) is 5.13 Å². The Bertz CT molecular complexity index is 999. The van der Waals surface area contributed by atoms with E-state index in [1.54, 1.807) is 0 Å². The highest BCUT2D eigenvalue weighted by molar-refractivity contribution is 7.22. The summed E-state index contributed by atoms with van der Waals surface area (Å²) in [5.74, 6) is 1.44. The second kappa shape index (κ2) is 6.94. The van der Waals surface area contributed by atoms with Gasteiger partial charge in [0.05, 0.1) is 15.6 Å². The summed E-state index contributed by atoms with van der Waals surface area (Å²) in [7, 11) is 0. The highest BCUT2D eigenvalue weighted by atomic mass is 35.5. The molecule has 2 aromatic carbocycles. The highest BCUT2D eigenvalue weighted by Gasteiger charge is 2.43. The Hall–Kier alpha value is -2.31. The molecule has 1 fully saturated rings. The zero-order chi connectivity index (χ0) is 19.1. The summed E-state index contributed by atoms with van der Waals surface area (Å²) < 4.78 is 12.2. The van der Waals surface area contributed by atoms with Gasteiger partial charge in [-0.3, -0.25) is 4.79 Å². The largest absolute Gasteiger partial charge is 0.486 e. The van der Waals surface area contributed by atoms with E-state index in [1.807, 2.05) is 36.4 Å². The van der Waals surface area contributed by atoms with Gasteiger partial charge in [-0.05, 0) is 30.5 Å². The molecule has 0 radical (unpaired) electrons. The molecular weight excluding hydrogens is 396 g/mol. The topological polar surface area (TPSA) is 60.5 Å². The Kier molecular flexibility index (Phi) is 4.40. The minimum absolute atomic E-state index is 0.00337. The molecule has 1 aromatic heterocycles. The molecule has 0 atom stereocenters. The Morgan fingerprint density at radius 2 is 1.75 bits per heavy atom. The lowest BCUT2D eigenvalue weighted by Gasteiger charge is -2.27. The lowest BCUT2D eigenvalue weighted by Crippen LogP contribution is -2.37. The average molecular weight is 415 g/mol. The summed E-state index contributed by atoms with van der Waals surface area (Å²) in [6.45, 7) is 1.08. The van der Waals surface area contributed by atoms with E-state index in [9.17, 15) is 4.79 Å². The summed E-state index contributed by atoms with van der Waals surface area (Å²) in [5, 5.41) is 4.35. The molecule has 5 nitrogen and oxygen atoms in total. The number of amides is 1. The van der Waals surface area contributed by atoms with Gasteiger partial charge in [0.25, 0.3) is 0 Å². The lowest BCUT2D eigenvalue weighted by molar-refractivity contribution is -0.121. The van der Waals surface area contributed by atoms with E-state index < -0.39 is 5.41 Å². The number of ether oxygens (including phenoxy) is 2. The van der Waals surface area contributed by atoms with E-state index in [1.165, 1.54) is 11.3 Å². The fourth-order valence-corrected chi connectivity index (χ4v) is 5.13. The van der Waals surface area contributed by atoms with E-state index >= 15 is 0 Å². The second-order valence-corrected chi connectivity index (χ2v) is 8.70. The smallest absolute Gasteiger partial charge is 0.236 e. The number of hydrogen-bond acceptors (Lipinski definition) is 5. The Balaban J connectivity index is 1.45. The molecule has 2 aliphatic rings. The number of nitrogens with zero attached hydrogens (tertiary/aromatic N) is 1. The number of nitrogens with one attached hydrogen (secondary N) is 1. The average Bonchev–Trinajstić information content (AvgIpc) is 3.34. The standard InChI is InChI=1S/C21H19ClN2O3S/c22-14-5-3-13(4-6-14)21(7-1-2-8-21)19(25)24-20-23-15-11-16-17(12-18(15)28-20)27-10-9-26-16/h3-6,11-12H,1-2,7-10H2,(H,23,24,25). The van der Waals surface area contributed by atoms with Crippen molar-refractivity contribution in [1.29, 1.82) is 0 Å². The van der Waals surface area contributed by atoms with Crippen molar-refractivity contribution in [2.75, 3.05) is 18.5 Å². The van der Waals surface area contributed by atoms with Crippen LogP contribution in [0.1, 0.15) is 31.2 Å². The predicted molar refractivity (Wildman–Crippen MR) is 111 cm³/mol. The van der Waals surface area contributed by atoms with E-state index in [0.717, 1.165) is 47.2 Å². The molecule has 3 aromatic rings. The van der Waals surface area contributed by atoms with E-state index in [4.69, 9.17) is 21.1 Å². The summed E-state index contributed by atoms with van der Waals surface area (Å²) in [6, 6.07) is 11.4. The molecule has 28 heavy (non-hydrogen) atoms. The lowest BCUT2D eigenvalue weighted by atomic mass is 9.78. The second-order valence-electron chi connectivity index (χ2n) is 7.23. The third-order valence-corrected chi connectivity index (χ3v) is 6.75. The molecular formula is C21H19ClN2O3S. The third-order valence-electron chi connectivity index (χ3n) is 5.56. The first-order valence-electron chi connectivity index (χ1n) is 9.42. The van der Waals surface area contributed by atoms with E-state index in [0.29, 0.717) is 29.1 Å².